The van der Waals surface area contributed by atoms with Gasteiger partial charge in [0, 0.05) is 25.4 Å². The highest BCUT2D eigenvalue weighted by Crippen LogP contribution is 2.35. The fourth-order valence-corrected chi connectivity index (χ4v) is 3.13. The highest BCUT2D eigenvalue weighted by Gasteiger charge is 2.41. The maximum Gasteiger partial charge on any atom is 0.233 e. The Morgan fingerprint density at radius 3 is 2.60 bits per heavy atom. The van der Waals surface area contributed by atoms with Crippen molar-refractivity contribution in [1.29, 1.82) is 0 Å². The zero-order valence-electron chi connectivity index (χ0n) is 11.9. The van der Waals surface area contributed by atoms with Gasteiger partial charge in [0.2, 0.25) is 5.91 Å². The van der Waals surface area contributed by atoms with Crippen molar-refractivity contribution in [3.8, 4) is 0 Å². The van der Waals surface area contributed by atoms with E-state index in [0.29, 0.717) is 11.5 Å². The van der Waals surface area contributed by atoms with Crippen LogP contribution in [0.2, 0.25) is 0 Å². The minimum Gasteiger partial charge on any atom is -0.392 e. The topological polar surface area (TPSA) is 72.9 Å². The number of nitrogens with two attached hydrogens (primary N) is 1. The molecule has 0 unspecified atom stereocenters. The second-order valence-electron chi connectivity index (χ2n) is 5.57. The molecule has 5 nitrogen and oxygen atoms in total. The van der Waals surface area contributed by atoms with E-state index in [1.54, 1.807) is 10.9 Å². The van der Waals surface area contributed by atoms with Gasteiger partial charge in [-0.05, 0) is 12.8 Å². The first-order valence-electron chi connectivity index (χ1n) is 7.10. The summed E-state index contributed by atoms with van der Waals surface area (Å²) in [5.74, 6) is -0.0317. The van der Waals surface area contributed by atoms with Crippen LogP contribution in [0, 0.1) is 5.41 Å². The van der Waals surface area contributed by atoms with Gasteiger partial charge in [-0.15, -0.1) is 0 Å². The Morgan fingerprint density at radius 2 is 2.10 bits per heavy atom. The van der Waals surface area contributed by atoms with Crippen LogP contribution in [0.4, 0.5) is 0 Å². The second kappa shape index (κ2) is 6.35. The van der Waals surface area contributed by atoms with Crippen LogP contribution in [0.1, 0.15) is 44.1 Å². The quantitative estimate of drug-likeness (QED) is 0.654. The molecule has 1 saturated carbocycles. The van der Waals surface area contributed by atoms with Gasteiger partial charge in [-0.2, -0.15) is 5.10 Å². The van der Waals surface area contributed by atoms with Crippen molar-refractivity contribution in [2.24, 2.45) is 18.2 Å². The third-order valence-electron chi connectivity index (χ3n) is 4.07. The Balaban J connectivity index is 2.05. The number of hydrogen-bond donors (Lipinski definition) is 2. The Hall–Kier alpha value is -1.43. The summed E-state index contributed by atoms with van der Waals surface area (Å²) >= 11 is 5.20. The van der Waals surface area contributed by atoms with E-state index in [0.717, 1.165) is 44.1 Å². The van der Waals surface area contributed by atoms with Gasteiger partial charge in [-0.1, -0.05) is 37.9 Å². The number of aryl methyl sites for hydroxylation is 1. The molecule has 1 amide bonds. The molecule has 1 aliphatic rings. The van der Waals surface area contributed by atoms with Gasteiger partial charge in [0.25, 0.3) is 0 Å². The van der Waals surface area contributed by atoms with Crippen molar-refractivity contribution >= 4 is 23.1 Å². The van der Waals surface area contributed by atoms with Gasteiger partial charge in [0.15, 0.2) is 0 Å². The van der Waals surface area contributed by atoms with Gasteiger partial charge in [0.05, 0.1) is 16.6 Å². The van der Waals surface area contributed by atoms with E-state index in [9.17, 15) is 4.79 Å². The van der Waals surface area contributed by atoms with E-state index in [-0.39, 0.29) is 5.91 Å². The van der Waals surface area contributed by atoms with Crippen molar-refractivity contribution in [2.75, 3.05) is 0 Å². The maximum atomic E-state index is 12.6. The molecule has 0 spiro atoms. The molecule has 1 fully saturated rings. The minimum atomic E-state index is -0.659. The Morgan fingerprint density at radius 1 is 1.45 bits per heavy atom. The molecule has 0 atom stereocenters. The molecule has 1 aromatic rings. The molecule has 2 rings (SSSR count). The summed E-state index contributed by atoms with van der Waals surface area (Å²) in [6.45, 7) is 0.469. The van der Waals surface area contributed by atoms with Crippen LogP contribution in [-0.4, -0.2) is 20.7 Å². The predicted octanol–water partition coefficient (Wildman–Crippen LogP) is 1.66. The van der Waals surface area contributed by atoms with Crippen molar-refractivity contribution < 1.29 is 4.79 Å². The number of hydrogen-bond acceptors (Lipinski definition) is 3. The van der Waals surface area contributed by atoms with Gasteiger partial charge in [-0.3, -0.25) is 9.48 Å². The molecule has 3 N–H and O–H groups in total. The summed E-state index contributed by atoms with van der Waals surface area (Å²) in [4.78, 5) is 12.9. The van der Waals surface area contributed by atoms with Crippen LogP contribution in [0.15, 0.2) is 12.4 Å². The summed E-state index contributed by atoms with van der Waals surface area (Å²) in [5.41, 5.74) is 6.22. The van der Waals surface area contributed by atoms with Gasteiger partial charge < -0.3 is 11.1 Å². The lowest BCUT2D eigenvalue weighted by Crippen LogP contribution is -2.48. The lowest BCUT2D eigenvalue weighted by atomic mass is 9.79. The SMILES string of the molecule is Cn1cc(CNC(=O)C2(C(N)=S)CCCCCC2)cn1. The van der Waals surface area contributed by atoms with Crippen LogP contribution in [0.5, 0.6) is 0 Å². The standard InChI is InChI=1S/C14H22N4OS/c1-18-10-11(9-17-18)8-16-13(19)14(12(15)20)6-4-2-3-5-7-14/h9-10H,2-8H2,1H3,(H2,15,20)(H,16,19). The molecule has 0 bridgehead atoms. The van der Waals surface area contributed by atoms with Crippen molar-refractivity contribution in [2.45, 2.75) is 45.1 Å². The molecular formula is C14H22N4OS. The van der Waals surface area contributed by atoms with Crippen molar-refractivity contribution in [3.63, 3.8) is 0 Å². The average Bonchev–Trinajstić information content (AvgIpc) is 2.68. The van der Waals surface area contributed by atoms with E-state index in [4.69, 9.17) is 18.0 Å². The zero-order chi connectivity index (χ0) is 14.6. The van der Waals surface area contributed by atoms with Crippen molar-refractivity contribution in [3.05, 3.63) is 18.0 Å². The lowest BCUT2D eigenvalue weighted by molar-refractivity contribution is -0.128. The first-order valence-corrected chi connectivity index (χ1v) is 7.51. The van der Waals surface area contributed by atoms with E-state index in [1.165, 1.54) is 0 Å². The largest absolute Gasteiger partial charge is 0.392 e. The molecule has 0 aromatic carbocycles. The smallest absolute Gasteiger partial charge is 0.233 e. The third kappa shape index (κ3) is 3.17. The number of thiocarbonyl (C=S) groups is 1. The van der Waals surface area contributed by atoms with Gasteiger partial charge in [0.1, 0.15) is 0 Å². The summed E-state index contributed by atoms with van der Waals surface area (Å²) in [5, 5.41) is 7.06. The minimum absolute atomic E-state index is 0.0317. The molecule has 1 aliphatic carbocycles. The first-order chi connectivity index (χ1) is 9.54. The number of amides is 1. The van der Waals surface area contributed by atoms with Crippen molar-refractivity contribution in [1.82, 2.24) is 15.1 Å². The second-order valence-corrected chi connectivity index (χ2v) is 6.01. The van der Waals surface area contributed by atoms with E-state index in [1.807, 2.05) is 13.2 Å². The van der Waals surface area contributed by atoms with Crippen LogP contribution < -0.4 is 11.1 Å². The predicted molar refractivity (Wildman–Crippen MR) is 82.0 cm³/mol. The normalized spacial score (nSPS) is 18.2. The fraction of sp³-hybridized carbons (Fsp3) is 0.643. The number of carbonyl (C=O) groups excluding carboxylic acids is 1. The highest BCUT2D eigenvalue weighted by molar-refractivity contribution is 7.80. The Bertz CT molecular complexity index is 489. The molecular weight excluding hydrogens is 272 g/mol. The molecule has 0 saturated heterocycles. The summed E-state index contributed by atoms with van der Waals surface area (Å²) in [7, 11) is 1.85. The van der Waals surface area contributed by atoms with Crippen LogP contribution >= 0.6 is 12.2 Å². The van der Waals surface area contributed by atoms with E-state index >= 15 is 0 Å². The summed E-state index contributed by atoms with van der Waals surface area (Å²) < 4.78 is 1.72. The van der Waals surface area contributed by atoms with Gasteiger partial charge in [-0.25, -0.2) is 0 Å². The molecule has 110 valence electrons. The number of nitrogens with one attached hydrogen (secondary N) is 1. The molecule has 6 heteroatoms. The number of rotatable bonds is 4. The first kappa shape index (κ1) is 15.0. The van der Waals surface area contributed by atoms with Crippen LogP contribution in [-0.2, 0) is 18.4 Å². The van der Waals surface area contributed by atoms with Crippen LogP contribution in [0.3, 0.4) is 0 Å². The Labute approximate surface area is 124 Å². The monoisotopic (exact) mass is 294 g/mol. The van der Waals surface area contributed by atoms with Gasteiger partial charge >= 0.3 is 0 Å². The lowest BCUT2D eigenvalue weighted by Gasteiger charge is -2.30. The Kier molecular flexibility index (Phi) is 4.75. The average molecular weight is 294 g/mol. The fourth-order valence-electron chi connectivity index (χ4n) is 2.83. The molecule has 0 aliphatic heterocycles. The summed E-state index contributed by atoms with van der Waals surface area (Å²) in [6.07, 6.45) is 9.50. The number of nitrogens with zero attached hydrogens (tertiary/aromatic N) is 2. The third-order valence-corrected chi connectivity index (χ3v) is 4.47. The maximum absolute atomic E-state index is 12.6. The van der Waals surface area contributed by atoms with Crippen LogP contribution in [0.25, 0.3) is 0 Å². The summed E-state index contributed by atoms with van der Waals surface area (Å²) in [6, 6.07) is 0. The zero-order valence-corrected chi connectivity index (χ0v) is 12.7. The van der Waals surface area contributed by atoms with E-state index < -0.39 is 5.41 Å². The molecule has 1 aromatic heterocycles. The number of aromatic nitrogens is 2. The highest BCUT2D eigenvalue weighted by atomic mass is 32.1. The van der Waals surface area contributed by atoms with E-state index in [2.05, 4.69) is 10.4 Å². The molecule has 20 heavy (non-hydrogen) atoms. The molecule has 0 radical (unpaired) electrons. The number of carbonyl (C=O) groups is 1. The molecule has 1 heterocycles.